The normalized spacial score (nSPS) is 14.7. The van der Waals surface area contributed by atoms with Crippen molar-refractivity contribution in [2.24, 2.45) is 0 Å². The molecule has 1 heterocycles. The van der Waals surface area contributed by atoms with E-state index in [1.807, 2.05) is 4.90 Å². The summed E-state index contributed by atoms with van der Waals surface area (Å²) in [5.41, 5.74) is -0.108. The van der Waals surface area contributed by atoms with Crippen LogP contribution in [0.3, 0.4) is 0 Å². The monoisotopic (exact) mass is 421 g/mol. The number of ether oxygens (including phenoxy) is 1. The molecule has 0 radical (unpaired) electrons. The maximum Gasteiger partial charge on any atom is 0.416 e. The molecule has 30 heavy (non-hydrogen) atoms. The lowest BCUT2D eigenvalue weighted by atomic mass is 10.1. The van der Waals surface area contributed by atoms with Gasteiger partial charge in [0.15, 0.2) is 0 Å². The number of nitro groups is 1. The van der Waals surface area contributed by atoms with Crippen LogP contribution < -0.4 is 10.2 Å². The van der Waals surface area contributed by atoms with Crippen molar-refractivity contribution < 1.29 is 27.6 Å². The van der Waals surface area contributed by atoms with Gasteiger partial charge in [0.2, 0.25) is 5.91 Å². The third kappa shape index (κ3) is 5.35. The Morgan fingerprint density at radius 2 is 1.90 bits per heavy atom. The number of hydrogen-bond acceptors (Lipinski definition) is 5. The summed E-state index contributed by atoms with van der Waals surface area (Å²) in [5.74, 6) is -0.657. The van der Waals surface area contributed by atoms with Gasteiger partial charge in [-0.25, -0.2) is 0 Å². The topological polar surface area (TPSA) is 84.7 Å². The van der Waals surface area contributed by atoms with Gasteiger partial charge in [-0.05, 0) is 29.8 Å². The number of carbonyl (C=O) groups is 1. The molecule has 1 fully saturated rings. The van der Waals surface area contributed by atoms with Crippen LogP contribution in [-0.2, 0) is 15.7 Å². The van der Waals surface area contributed by atoms with Crippen molar-refractivity contribution in [3.8, 4) is 0 Å². The first-order valence-electron chi connectivity index (χ1n) is 9.01. The van der Waals surface area contributed by atoms with Gasteiger partial charge in [-0.1, -0.05) is 12.1 Å². The van der Waals surface area contributed by atoms with Crippen LogP contribution in [0.4, 0.5) is 30.2 Å². The van der Waals surface area contributed by atoms with Crippen molar-refractivity contribution in [1.29, 1.82) is 0 Å². The van der Waals surface area contributed by atoms with E-state index in [0.29, 0.717) is 37.6 Å². The molecule has 0 unspecified atom stereocenters. The fourth-order valence-corrected chi connectivity index (χ4v) is 2.98. The van der Waals surface area contributed by atoms with Gasteiger partial charge in [0.05, 0.1) is 35.1 Å². The van der Waals surface area contributed by atoms with E-state index in [9.17, 15) is 28.1 Å². The summed E-state index contributed by atoms with van der Waals surface area (Å²) in [6.45, 7) is 1.83. The molecule has 1 N–H and O–H groups in total. The molecule has 0 aliphatic carbocycles. The quantitative estimate of drug-likeness (QED) is 0.446. The van der Waals surface area contributed by atoms with Crippen LogP contribution in [0.25, 0.3) is 6.08 Å². The highest BCUT2D eigenvalue weighted by Gasteiger charge is 2.31. The molecule has 1 aliphatic heterocycles. The molecule has 2 aromatic carbocycles. The second-order valence-electron chi connectivity index (χ2n) is 6.50. The minimum Gasteiger partial charge on any atom is -0.378 e. The molecule has 7 nitrogen and oxygen atoms in total. The Bertz CT molecular complexity index is 970. The number of alkyl halides is 3. The molecule has 2 aromatic rings. The van der Waals surface area contributed by atoms with Gasteiger partial charge < -0.3 is 15.0 Å². The molecule has 0 saturated carbocycles. The molecule has 1 aliphatic rings. The molecule has 0 bridgehead atoms. The maximum absolute atomic E-state index is 13.1. The lowest BCUT2D eigenvalue weighted by Gasteiger charge is -2.30. The standard InChI is InChI=1S/C20H18F3N3O4/c21-20(22,23)15-5-6-18(25-8-10-30-11-9-25)17(13-15)24-19(27)7-4-14-2-1-3-16(12-14)26(28)29/h1-7,12-13H,8-11H2,(H,24,27)/b7-4+. The fourth-order valence-electron chi connectivity index (χ4n) is 2.98. The summed E-state index contributed by atoms with van der Waals surface area (Å²) < 4.78 is 44.7. The molecule has 3 rings (SSSR count). The molecule has 158 valence electrons. The summed E-state index contributed by atoms with van der Waals surface area (Å²) in [4.78, 5) is 24.5. The minimum atomic E-state index is -4.55. The number of nitrogens with zero attached hydrogens (tertiary/aromatic N) is 2. The Balaban J connectivity index is 1.83. The van der Waals surface area contributed by atoms with Crippen molar-refractivity contribution in [2.75, 3.05) is 36.5 Å². The molecule has 0 atom stereocenters. The fraction of sp³-hybridized carbons (Fsp3) is 0.250. The molecular formula is C20H18F3N3O4. The number of amides is 1. The molecule has 10 heteroatoms. The summed E-state index contributed by atoms with van der Waals surface area (Å²) in [5, 5.41) is 13.3. The van der Waals surface area contributed by atoms with Crippen LogP contribution in [0.15, 0.2) is 48.5 Å². The highest BCUT2D eigenvalue weighted by atomic mass is 19.4. The summed E-state index contributed by atoms with van der Waals surface area (Å²) in [6.07, 6.45) is -2.09. The molecule has 1 amide bonds. The van der Waals surface area contributed by atoms with Gasteiger partial charge in [0.25, 0.3) is 5.69 Å². The predicted molar refractivity (Wildman–Crippen MR) is 105 cm³/mol. The second-order valence-corrected chi connectivity index (χ2v) is 6.50. The number of carbonyl (C=O) groups excluding carboxylic acids is 1. The number of nitrogens with one attached hydrogen (secondary N) is 1. The minimum absolute atomic E-state index is 0.0282. The van der Waals surface area contributed by atoms with Crippen LogP contribution in [0.5, 0.6) is 0 Å². The van der Waals surface area contributed by atoms with E-state index < -0.39 is 22.6 Å². The van der Waals surface area contributed by atoms with E-state index in [-0.39, 0.29) is 11.4 Å². The average molecular weight is 421 g/mol. The second kappa shape index (κ2) is 8.95. The number of benzene rings is 2. The zero-order valence-corrected chi connectivity index (χ0v) is 15.7. The smallest absolute Gasteiger partial charge is 0.378 e. The van der Waals surface area contributed by atoms with Gasteiger partial charge in [0.1, 0.15) is 0 Å². The Kier molecular flexibility index (Phi) is 6.36. The van der Waals surface area contributed by atoms with Crippen LogP contribution in [-0.4, -0.2) is 37.1 Å². The van der Waals surface area contributed by atoms with Crippen LogP contribution in [0.1, 0.15) is 11.1 Å². The highest BCUT2D eigenvalue weighted by molar-refractivity contribution is 6.04. The van der Waals surface area contributed by atoms with Gasteiger partial charge in [-0.15, -0.1) is 0 Å². The number of hydrogen-bond donors (Lipinski definition) is 1. The zero-order valence-electron chi connectivity index (χ0n) is 15.7. The highest BCUT2D eigenvalue weighted by Crippen LogP contribution is 2.35. The number of rotatable bonds is 5. The first-order valence-corrected chi connectivity index (χ1v) is 9.01. The number of morpholine rings is 1. The number of halogens is 3. The van der Waals surface area contributed by atoms with Crippen molar-refractivity contribution in [3.05, 3.63) is 69.8 Å². The Morgan fingerprint density at radius 1 is 1.17 bits per heavy atom. The van der Waals surface area contributed by atoms with Gasteiger partial charge in [-0.2, -0.15) is 13.2 Å². The van der Waals surface area contributed by atoms with Crippen molar-refractivity contribution in [1.82, 2.24) is 0 Å². The van der Waals surface area contributed by atoms with Crippen molar-refractivity contribution in [2.45, 2.75) is 6.18 Å². The molecule has 1 saturated heterocycles. The van der Waals surface area contributed by atoms with E-state index in [2.05, 4.69) is 5.32 Å². The van der Waals surface area contributed by atoms with Gasteiger partial charge >= 0.3 is 6.18 Å². The van der Waals surface area contributed by atoms with Gasteiger partial charge in [-0.3, -0.25) is 14.9 Å². The predicted octanol–water partition coefficient (Wildman–Crippen LogP) is 4.10. The van der Waals surface area contributed by atoms with Crippen molar-refractivity contribution in [3.63, 3.8) is 0 Å². The van der Waals surface area contributed by atoms with Gasteiger partial charge in [0, 0.05) is 31.3 Å². The van der Waals surface area contributed by atoms with E-state index >= 15 is 0 Å². The Labute approximate surface area is 169 Å². The largest absolute Gasteiger partial charge is 0.416 e. The van der Waals surface area contributed by atoms with E-state index in [0.717, 1.165) is 18.2 Å². The third-order valence-corrected chi connectivity index (χ3v) is 4.44. The molecule has 0 aromatic heterocycles. The Morgan fingerprint density at radius 3 is 2.57 bits per heavy atom. The molecular weight excluding hydrogens is 403 g/mol. The third-order valence-electron chi connectivity index (χ3n) is 4.44. The average Bonchev–Trinajstić information content (AvgIpc) is 2.72. The first kappa shape index (κ1) is 21.3. The number of nitro benzene ring substituents is 1. The maximum atomic E-state index is 13.1. The van der Waals surface area contributed by atoms with E-state index in [1.54, 1.807) is 6.07 Å². The van der Waals surface area contributed by atoms with E-state index in [4.69, 9.17) is 4.74 Å². The lowest BCUT2D eigenvalue weighted by Crippen LogP contribution is -2.36. The van der Waals surface area contributed by atoms with Crippen LogP contribution >= 0.6 is 0 Å². The zero-order chi connectivity index (χ0) is 21.7. The molecule has 0 spiro atoms. The first-order chi connectivity index (χ1) is 14.2. The summed E-state index contributed by atoms with van der Waals surface area (Å²) in [6, 6.07) is 8.83. The summed E-state index contributed by atoms with van der Waals surface area (Å²) >= 11 is 0. The summed E-state index contributed by atoms with van der Waals surface area (Å²) in [7, 11) is 0. The van der Waals surface area contributed by atoms with Crippen molar-refractivity contribution >= 4 is 29.0 Å². The lowest BCUT2D eigenvalue weighted by molar-refractivity contribution is -0.384. The number of anilines is 2. The van der Waals surface area contributed by atoms with Crippen LogP contribution in [0.2, 0.25) is 0 Å². The SMILES string of the molecule is O=C(/C=C/c1cccc([N+](=O)[O-])c1)Nc1cc(C(F)(F)F)ccc1N1CCOCC1. The van der Waals surface area contributed by atoms with E-state index in [1.165, 1.54) is 30.3 Å². The van der Waals surface area contributed by atoms with Crippen LogP contribution in [0, 0.1) is 10.1 Å². The number of non-ortho nitro benzene ring substituents is 1. The Hall–Kier alpha value is -3.40.